The zero-order valence-corrected chi connectivity index (χ0v) is 16.1. The first-order valence-corrected chi connectivity index (χ1v) is 9.03. The van der Waals surface area contributed by atoms with E-state index in [0.717, 1.165) is 5.56 Å². The van der Waals surface area contributed by atoms with Crippen molar-refractivity contribution in [1.29, 1.82) is 0 Å². The average Bonchev–Trinajstić information content (AvgIpc) is 2.60. The second-order valence-corrected chi connectivity index (χ2v) is 7.73. The molecule has 0 saturated carbocycles. The fourth-order valence-electron chi connectivity index (χ4n) is 2.67. The maximum absolute atomic E-state index is 12.4. The molecule has 4 nitrogen and oxygen atoms in total. The fraction of sp³-hybridized carbons (Fsp3) is 0.333. The maximum Gasteiger partial charge on any atom is 0.251 e. The lowest BCUT2D eigenvalue weighted by Gasteiger charge is -2.32. The van der Waals surface area contributed by atoms with Crippen molar-refractivity contribution in [2.75, 3.05) is 6.54 Å². The Hall–Kier alpha value is -2.33. The third kappa shape index (κ3) is 5.88. The van der Waals surface area contributed by atoms with E-state index in [4.69, 9.17) is 11.6 Å². The highest BCUT2D eigenvalue weighted by Crippen LogP contribution is 2.32. The van der Waals surface area contributed by atoms with E-state index >= 15 is 0 Å². The topological polar surface area (TPSA) is 58.2 Å². The summed E-state index contributed by atoms with van der Waals surface area (Å²) >= 11 is 5.81. The van der Waals surface area contributed by atoms with Crippen LogP contribution in [0.5, 0.6) is 0 Å². The normalized spacial score (nSPS) is 12.3. The highest BCUT2D eigenvalue weighted by molar-refractivity contribution is 6.30. The minimum absolute atomic E-state index is 0.0924. The third-order valence-corrected chi connectivity index (χ3v) is 4.30. The van der Waals surface area contributed by atoms with Crippen molar-refractivity contribution < 1.29 is 9.59 Å². The van der Waals surface area contributed by atoms with Crippen LogP contribution in [0.2, 0.25) is 5.02 Å². The standard InChI is InChI=1S/C21H25ClN2O2/c1-21(2,3)19(15-7-5-4-6-8-15)24-18(25)13-14-23-20(26)16-9-11-17(22)12-10-16/h4-12,19H,13-14H2,1-3H3,(H,23,26)(H,24,25). The molecule has 0 aromatic heterocycles. The molecule has 0 aliphatic heterocycles. The van der Waals surface area contributed by atoms with Crippen molar-refractivity contribution in [2.45, 2.75) is 33.2 Å². The van der Waals surface area contributed by atoms with Gasteiger partial charge in [0.05, 0.1) is 6.04 Å². The van der Waals surface area contributed by atoms with E-state index in [2.05, 4.69) is 31.4 Å². The number of halogens is 1. The van der Waals surface area contributed by atoms with E-state index in [9.17, 15) is 9.59 Å². The minimum atomic E-state index is -0.218. The van der Waals surface area contributed by atoms with Gasteiger partial charge in [-0.25, -0.2) is 0 Å². The largest absolute Gasteiger partial charge is 0.352 e. The number of carbonyl (C=O) groups is 2. The van der Waals surface area contributed by atoms with Crippen LogP contribution < -0.4 is 10.6 Å². The van der Waals surface area contributed by atoms with Crippen LogP contribution in [0.3, 0.4) is 0 Å². The molecule has 0 aliphatic rings. The van der Waals surface area contributed by atoms with Gasteiger partial charge in [0.1, 0.15) is 0 Å². The molecule has 2 N–H and O–H groups in total. The first-order chi connectivity index (χ1) is 12.3. The van der Waals surface area contributed by atoms with Gasteiger partial charge in [-0.2, -0.15) is 0 Å². The van der Waals surface area contributed by atoms with Gasteiger partial charge >= 0.3 is 0 Å². The molecule has 0 fully saturated rings. The Kier molecular flexibility index (Phi) is 6.81. The van der Waals surface area contributed by atoms with Crippen LogP contribution in [-0.4, -0.2) is 18.4 Å². The molecule has 0 bridgehead atoms. The SMILES string of the molecule is CC(C)(C)C(NC(=O)CCNC(=O)c1ccc(Cl)cc1)c1ccccc1. The zero-order valence-electron chi connectivity index (χ0n) is 15.4. The van der Waals surface area contributed by atoms with E-state index < -0.39 is 0 Å². The summed E-state index contributed by atoms with van der Waals surface area (Å²) in [5, 5.41) is 6.42. The van der Waals surface area contributed by atoms with Crippen LogP contribution in [-0.2, 0) is 4.79 Å². The van der Waals surface area contributed by atoms with Crippen molar-refractivity contribution in [2.24, 2.45) is 5.41 Å². The molecule has 0 heterocycles. The Bertz CT molecular complexity index is 737. The molecule has 1 unspecified atom stereocenters. The second-order valence-electron chi connectivity index (χ2n) is 7.29. The predicted molar refractivity (Wildman–Crippen MR) is 105 cm³/mol. The number of amides is 2. The first kappa shape index (κ1) is 20.0. The lowest BCUT2D eigenvalue weighted by atomic mass is 9.82. The summed E-state index contributed by atoms with van der Waals surface area (Å²) in [6.07, 6.45) is 0.221. The summed E-state index contributed by atoms with van der Waals surface area (Å²) in [5.74, 6) is -0.310. The molecule has 0 aliphatic carbocycles. The van der Waals surface area contributed by atoms with Gasteiger partial charge in [0.2, 0.25) is 5.91 Å². The van der Waals surface area contributed by atoms with Crippen LogP contribution in [0.1, 0.15) is 49.2 Å². The highest BCUT2D eigenvalue weighted by atomic mass is 35.5. The number of nitrogens with one attached hydrogen (secondary N) is 2. The molecular formula is C21H25ClN2O2. The van der Waals surface area contributed by atoms with E-state index in [0.29, 0.717) is 10.6 Å². The summed E-state index contributed by atoms with van der Waals surface area (Å²) in [5.41, 5.74) is 1.47. The van der Waals surface area contributed by atoms with Gasteiger partial charge in [-0.05, 0) is 35.2 Å². The van der Waals surface area contributed by atoms with Crippen LogP contribution in [0.25, 0.3) is 0 Å². The van der Waals surface area contributed by atoms with Crippen molar-refractivity contribution in [3.05, 3.63) is 70.7 Å². The monoisotopic (exact) mass is 372 g/mol. The quantitative estimate of drug-likeness (QED) is 0.791. The number of hydrogen-bond acceptors (Lipinski definition) is 2. The number of carbonyl (C=O) groups excluding carboxylic acids is 2. The van der Waals surface area contributed by atoms with E-state index in [-0.39, 0.29) is 36.2 Å². The lowest BCUT2D eigenvalue weighted by Crippen LogP contribution is -2.38. The molecular weight excluding hydrogens is 348 g/mol. The van der Waals surface area contributed by atoms with Crippen LogP contribution >= 0.6 is 11.6 Å². The molecule has 0 radical (unpaired) electrons. The third-order valence-electron chi connectivity index (χ3n) is 4.05. The summed E-state index contributed by atoms with van der Waals surface area (Å²) in [6, 6.07) is 16.5. The molecule has 138 valence electrons. The number of rotatable bonds is 6. The Morgan fingerprint density at radius 2 is 1.62 bits per heavy atom. The van der Waals surface area contributed by atoms with Crippen molar-refractivity contribution >= 4 is 23.4 Å². The average molecular weight is 373 g/mol. The summed E-state index contributed by atoms with van der Waals surface area (Å²) < 4.78 is 0. The van der Waals surface area contributed by atoms with Gasteiger partial charge in [0.15, 0.2) is 0 Å². The van der Waals surface area contributed by atoms with Crippen molar-refractivity contribution in [3.63, 3.8) is 0 Å². The van der Waals surface area contributed by atoms with Crippen LogP contribution in [0.4, 0.5) is 0 Å². The highest BCUT2D eigenvalue weighted by Gasteiger charge is 2.27. The molecule has 26 heavy (non-hydrogen) atoms. The molecule has 0 saturated heterocycles. The second kappa shape index (κ2) is 8.86. The van der Waals surface area contributed by atoms with Crippen molar-refractivity contribution in [3.8, 4) is 0 Å². The fourth-order valence-corrected chi connectivity index (χ4v) is 2.80. The molecule has 5 heteroatoms. The van der Waals surface area contributed by atoms with E-state index in [1.54, 1.807) is 24.3 Å². The van der Waals surface area contributed by atoms with Gasteiger partial charge < -0.3 is 10.6 Å². The van der Waals surface area contributed by atoms with Gasteiger partial charge in [-0.3, -0.25) is 9.59 Å². The molecule has 2 amide bonds. The summed E-state index contributed by atoms with van der Waals surface area (Å²) in [6.45, 7) is 6.55. The molecule has 2 aromatic carbocycles. The predicted octanol–water partition coefficient (Wildman–Crippen LogP) is 4.36. The Morgan fingerprint density at radius 1 is 1.00 bits per heavy atom. The molecule has 0 spiro atoms. The maximum atomic E-state index is 12.4. The lowest BCUT2D eigenvalue weighted by molar-refractivity contribution is -0.122. The summed E-state index contributed by atoms with van der Waals surface area (Å²) in [4.78, 5) is 24.4. The molecule has 2 rings (SSSR count). The molecule has 1 atom stereocenters. The number of hydrogen-bond donors (Lipinski definition) is 2. The molecule has 2 aromatic rings. The number of benzene rings is 2. The Balaban J connectivity index is 1.88. The zero-order chi connectivity index (χ0) is 19.2. The van der Waals surface area contributed by atoms with Crippen LogP contribution in [0, 0.1) is 5.41 Å². The van der Waals surface area contributed by atoms with E-state index in [1.165, 1.54) is 0 Å². The smallest absolute Gasteiger partial charge is 0.251 e. The van der Waals surface area contributed by atoms with Crippen molar-refractivity contribution in [1.82, 2.24) is 10.6 Å². The first-order valence-electron chi connectivity index (χ1n) is 8.65. The Morgan fingerprint density at radius 3 is 2.19 bits per heavy atom. The minimum Gasteiger partial charge on any atom is -0.352 e. The van der Waals surface area contributed by atoms with E-state index in [1.807, 2.05) is 30.3 Å². The van der Waals surface area contributed by atoms with Gasteiger partial charge in [0.25, 0.3) is 5.91 Å². The van der Waals surface area contributed by atoms with Crippen LogP contribution in [0.15, 0.2) is 54.6 Å². The Labute approximate surface area is 159 Å². The summed E-state index contributed by atoms with van der Waals surface area (Å²) in [7, 11) is 0. The van der Waals surface area contributed by atoms with Gasteiger partial charge in [0, 0.05) is 23.6 Å². The van der Waals surface area contributed by atoms with Gasteiger partial charge in [-0.15, -0.1) is 0 Å². The van der Waals surface area contributed by atoms with Gasteiger partial charge in [-0.1, -0.05) is 62.7 Å².